The SMILES string of the molecule is NC(CO)C(=O)N1CCCC1C(=O)NC(Cc1ccccc1)C(=O)NC(Cc1c[nH]c2ccccc12)C(=O)O. The fourth-order valence-corrected chi connectivity index (χ4v) is 4.91. The molecule has 7 N–H and O–H groups in total. The number of hydrogen-bond acceptors (Lipinski definition) is 6. The molecule has 11 heteroatoms. The monoisotopic (exact) mass is 535 g/mol. The molecule has 0 radical (unpaired) electrons. The van der Waals surface area contributed by atoms with Crippen molar-refractivity contribution in [3.8, 4) is 0 Å². The Labute approximate surface area is 225 Å². The number of nitrogens with two attached hydrogens (primary N) is 1. The average Bonchev–Trinajstić information content (AvgIpc) is 3.59. The number of H-pyrrole nitrogens is 1. The van der Waals surface area contributed by atoms with Gasteiger partial charge in [0.25, 0.3) is 0 Å². The fraction of sp³-hybridized carbons (Fsp3) is 0.357. The van der Waals surface area contributed by atoms with Crippen molar-refractivity contribution < 1.29 is 29.4 Å². The van der Waals surface area contributed by atoms with E-state index in [-0.39, 0.29) is 12.8 Å². The molecule has 0 spiro atoms. The van der Waals surface area contributed by atoms with Gasteiger partial charge in [-0.3, -0.25) is 14.4 Å². The van der Waals surface area contributed by atoms with Crippen molar-refractivity contribution in [2.24, 2.45) is 5.73 Å². The molecule has 4 unspecified atom stereocenters. The highest BCUT2D eigenvalue weighted by molar-refractivity contribution is 5.95. The molecule has 0 aliphatic carbocycles. The van der Waals surface area contributed by atoms with Gasteiger partial charge in [-0.1, -0.05) is 48.5 Å². The highest BCUT2D eigenvalue weighted by Crippen LogP contribution is 2.20. The highest BCUT2D eigenvalue weighted by atomic mass is 16.4. The van der Waals surface area contributed by atoms with Crippen molar-refractivity contribution in [2.75, 3.05) is 13.2 Å². The lowest BCUT2D eigenvalue weighted by Gasteiger charge is -2.28. The van der Waals surface area contributed by atoms with Crippen molar-refractivity contribution in [1.29, 1.82) is 0 Å². The number of nitrogens with one attached hydrogen (secondary N) is 3. The molecule has 206 valence electrons. The van der Waals surface area contributed by atoms with Crippen LogP contribution in [0.4, 0.5) is 0 Å². The van der Waals surface area contributed by atoms with Crippen LogP contribution in [0.5, 0.6) is 0 Å². The quantitative estimate of drug-likeness (QED) is 0.205. The number of carboxylic acids is 1. The van der Waals surface area contributed by atoms with Gasteiger partial charge in [0, 0.05) is 36.5 Å². The molecular formula is C28H33N5O6. The minimum atomic E-state index is -1.24. The number of likely N-dealkylation sites (tertiary alicyclic amines) is 1. The van der Waals surface area contributed by atoms with Gasteiger partial charge in [-0.2, -0.15) is 0 Å². The molecule has 39 heavy (non-hydrogen) atoms. The zero-order valence-corrected chi connectivity index (χ0v) is 21.4. The van der Waals surface area contributed by atoms with Gasteiger partial charge in [-0.15, -0.1) is 0 Å². The van der Waals surface area contributed by atoms with Gasteiger partial charge in [0.2, 0.25) is 17.7 Å². The van der Waals surface area contributed by atoms with E-state index in [1.165, 1.54) is 4.90 Å². The first-order valence-corrected chi connectivity index (χ1v) is 12.9. The highest BCUT2D eigenvalue weighted by Gasteiger charge is 2.38. The van der Waals surface area contributed by atoms with E-state index in [1.54, 1.807) is 30.5 Å². The first-order chi connectivity index (χ1) is 18.8. The first kappa shape index (κ1) is 27.8. The summed E-state index contributed by atoms with van der Waals surface area (Å²) in [7, 11) is 0. The van der Waals surface area contributed by atoms with Gasteiger partial charge in [0.05, 0.1) is 6.61 Å². The normalized spacial score (nSPS) is 17.4. The molecule has 4 atom stereocenters. The molecule has 0 bridgehead atoms. The number of fused-ring (bicyclic) bond motifs is 1. The van der Waals surface area contributed by atoms with Gasteiger partial charge in [-0.05, 0) is 30.0 Å². The predicted octanol–water partition coefficient (Wildman–Crippen LogP) is 0.318. The van der Waals surface area contributed by atoms with Crippen LogP contribution < -0.4 is 16.4 Å². The van der Waals surface area contributed by atoms with Crippen LogP contribution in [-0.4, -0.2) is 81.1 Å². The zero-order chi connectivity index (χ0) is 27.9. The Kier molecular flexibility index (Phi) is 8.95. The topological polar surface area (TPSA) is 178 Å². The summed E-state index contributed by atoms with van der Waals surface area (Å²) in [6.45, 7) is -0.235. The molecule has 2 heterocycles. The summed E-state index contributed by atoms with van der Waals surface area (Å²) in [5.74, 6) is -2.93. The van der Waals surface area contributed by atoms with E-state index in [4.69, 9.17) is 5.73 Å². The number of carboxylic acid groups (broad SMARTS) is 1. The second kappa shape index (κ2) is 12.5. The number of carbonyl (C=O) groups excluding carboxylic acids is 3. The Hall–Kier alpha value is -4.22. The molecule has 1 saturated heterocycles. The van der Waals surface area contributed by atoms with Crippen LogP contribution in [0.25, 0.3) is 10.9 Å². The number of carbonyl (C=O) groups is 4. The molecular weight excluding hydrogens is 502 g/mol. The number of aliphatic hydroxyl groups is 1. The van der Waals surface area contributed by atoms with Crippen molar-refractivity contribution in [2.45, 2.75) is 49.9 Å². The lowest BCUT2D eigenvalue weighted by Crippen LogP contribution is -2.57. The first-order valence-electron chi connectivity index (χ1n) is 12.9. The lowest BCUT2D eigenvalue weighted by molar-refractivity contribution is -0.143. The van der Waals surface area contributed by atoms with E-state index in [0.29, 0.717) is 19.4 Å². The third-order valence-corrected chi connectivity index (χ3v) is 6.98. The van der Waals surface area contributed by atoms with E-state index >= 15 is 0 Å². The maximum absolute atomic E-state index is 13.4. The van der Waals surface area contributed by atoms with Crippen molar-refractivity contribution in [1.82, 2.24) is 20.5 Å². The largest absolute Gasteiger partial charge is 0.480 e. The predicted molar refractivity (Wildman–Crippen MR) is 143 cm³/mol. The number of para-hydroxylation sites is 1. The molecule has 1 fully saturated rings. The second-order valence-electron chi connectivity index (χ2n) is 9.69. The van der Waals surface area contributed by atoms with E-state index in [9.17, 15) is 29.4 Å². The third-order valence-electron chi connectivity index (χ3n) is 6.98. The van der Waals surface area contributed by atoms with Crippen LogP contribution in [0, 0.1) is 0 Å². The van der Waals surface area contributed by atoms with Crippen molar-refractivity contribution in [3.63, 3.8) is 0 Å². The number of aliphatic carboxylic acids is 1. The molecule has 11 nitrogen and oxygen atoms in total. The number of nitrogens with zero attached hydrogens (tertiary/aromatic N) is 1. The number of aliphatic hydroxyl groups excluding tert-OH is 1. The standard InChI is InChI=1S/C28H33N5O6/c29-20(16-34)27(37)33-12-6-11-24(33)26(36)31-22(13-17-7-2-1-3-8-17)25(35)32-23(28(38)39)14-18-15-30-21-10-5-4-9-19(18)21/h1-5,7-10,15,20,22-24,30,34H,6,11-14,16,29H2,(H,31,36)(H,32,35)(H,38,39). The maximum atomic E-state index is 13.4. The van der Waals surface area contributed by atoms with E-state index < -0.39 is 54.5 Å². The molecule has 3 aromatic rings. The van der Waals surface area contributed by atoms with Crippen LogP contribution in [0.3, 0.4) is 0 Å². The smallest absolute Gasteiger partial charge is 0.326 e. The number of aromatic nitrogens is 1. The Bertz CT molecular complexity index is 1330. The molecule has 1 aliphatic heterocycles. The lowest BCUT2D eigenvalue weighted by atomic mass is 10.0. The summed E-state index contributed by atoms with van der Waals surface area (Å²) in [5, 5.41) is 25.4. The maximum Gasteiger partial charge on any atom is 0.326 e. The molecule has 2 aromatic carbocycles. The molecule has 1 aromatic heterocycles. The summed E-state index contributed by atoms with van der Waals surface area (Å²) in [6.07, 6.45) is 2.84. The van der Waals surface area contributed by atoms with Gasteiger partial charge in [0.1, 0.15) is 24.2 Å². The minimum Gasteiger partial charge on any atom is -0.480 e. The summed E-state index contributed by atoms with van der Waals surface area (Å²) in [4.78, 5) is 55.9. The van der Waals surface area contributed by atoms with Gasteiger partial charge < -0.3 is 36.5 Å². The average molecular weight is 536 g/mol. The summed E-state index contributed by atoms with van der Waals surface area (Å²) < 4.78 is 0. The number of hydrogen-bond donors (Lipinski definition) is 6. The Balaban J connectivity index is 1.52. The summed E-state index contributed by atoms with van der Waals surface area (Å²) in [5.41, 5.74) is 8.05. The zero-order valence-electron chi connectivity index (χ0n) is 21.4. The van der Waals surface area contributed by atoms with E-state index in [1.807, 2.05) is 30.3 Å². The van der Waals surface area contributed by atoms with Crippen molar-refractivity contribution >= 4 is 34.6 Å². The van der Waals surface area contributed by atoms with Crippen LogP contribution in [0.15, 0.2) is 60.8 Å². The number of aromatic amines is 1. The summed E-state index contributed by atoms with van der Waals surface area (Å²) >= 11 is 0. The van der Waals surface area contributed by atoms with Crippen LogP contribution >= 0.6 is 0 Å². The summed E-state index contributed by atoms with van der Waals surface area (Å²) in [6, 6.07) is 12.2. The Morgan fingerprint density at radius 2 is 1.72 bits per heavy atom. The minimum absolute atomic E-state index is 0.0427. The number of benzene rings is 2. The van der Waals surface area contributed by atoms with E-state index in [0.717, 1.165) is 22.0 Å². The van der Waals surface area contributed by atoms with Crippen LogP contribution in [-0.2, 0) is 32.0 Å². The fourth-order valence-electron chi connectivity index (χ4n) is 4.91. The van der Waals surface area contributed by atoms with Crippen LogP contribution in [0.2, 0.25) is 0 Å². The van der Waals surface area contributed by atoms with Crippen LogP contribution in [0.1, 0.15) is 24.0 Å². The number of amides is 3. The molecule has 1 aliphatic rings. The Morgan fingerprint density at radius 1 is 1.00 bits per heavy atom. The van der Waals surface area contributed by atoms with Gasteiger partial charge >= 0.3 is 5.97 Å². The van der Waals surface area contributed by atoms with E-state index in [2.05, 4.69) is 15.6 Å². The van der Waals surface area contributed by atoms with Crippen molar-refractivity contribution in [3.05, 3.63) is 71.9 Å². The third kappa shape index (κ3) is 6.62. The Morgan fingerprint density at radius 3 is 2.44 bits per heavy atom. The molecule has 3 amide bonds. The molecule has 4 rings (SSSR count). The second-order valence-corrected chi connectivity index (χ2v) is 9.69. The van der Waals surface area contributed by atoms with Gasteiger partial charge in [0.15, 0.2) is 0 Å². The van der Waals surface area contributed by atoms with Gasteiger partial charge in [-0.25, -0.2) is 4.79 Å². The number of rotatable bonds is 11. The molecule has 0 saturated carbocycles.